The van der Waals surface area contributed by atoms with E-state index in [1.807, 2.05) is 31.2 Å². The lowest BCUT2D eigenvalue weighted by Gasteiger charge is -2.24. The van der Waals surface area contributed by atoms with E-state index >= 15 is 0 Å². The predicted molar refractivity (Wildman–Crippen MR) is 118 cm³/mol. The van der Waals surface area contributed by atoms with Crippen molar-refractivity contribution in [1.82, 2.24) is 9.80 Å². The van der Waals surface area contributed by atoms with Crippen LogP contribution >= 0.6 is 11.8 Å². The molecule has 3 atom stereocenters. The minimum atomic E-state index is -0.162. The molecule has 2 aliphatic heterocycles. The zero-order chi connectivity index (χ0) is 21.3. The first-order valence-corrected chi connectivity index (χ1v) is 11.9. The summed E-state index contributed by atoms with van der Waals surface area (Å²) in [6.45, 7) is 4.27. The van der Waals surface area contributed by atoms with Gasteiger partial charge in [0.25, 0.3) is 0 Å². The van der Waals surface area contributed by atoms with E-state index < -0.39 is 0 Å². The Hall–Kier alpha value is -2.15. The van der Waals surface area contributed by atoms with E-state index in [0.29, 0.717) is 5.17 Å². The van der Waals surface area contributed by atoms with Crippen molar-refractivity contribution < 1.29 is 14.4 Å². The van der Waals surface area contributed by atoms with Gasteiger partial charge in [-0.1, -0.05) is 43.7 Å². The van der Waals surface area contributed by atoms with Crippen LogP contribution in [0.3, 0.4) is 0 Å². The predicted octanol–water partition coefficient (Wildman–Crippen LogP) is 3.90. The highest BCUT2D eigenvalue weighted by Crippen LogP contribution is 2.38. The molecule has 6 nitrogen and oxygen atoms in total. The van der Waals surface area contributed by atoms with E-state index in [-0.39, 0.29) is 48.6 Å². The van der Waals surface area contributed by atoms with Gasteiger partial charge in [-0.3, -0.25) is 24.2 Å². The second-order valence-electron chi connectivity index (χ2n) is 8.45. The number of carbonyl (C=O) groups is 3. The van der Waals surface area contributed by atoms with Crippen LogP contribution in [0, 0.1) is 18.8 Å². The quantitative estimate of drug-likeness (QED) is 0.668. The van der Waals surface area contributed by atoms with Crippen LogP contribution < -0.4 is 0 Å². The van der Waals surface area contributed by atoms with Crippen molar-refractivity contribution in [3.63, 3.8) is 0 Å². The lowest BCUT2D eigenvalue weighted by atomic mass is 9.81. The molecule has 0 N–H and O–H groups in total. The molecule has 1 saturated carbocycles. The standard InChI is InChI=1S/C23H29N3O3S/c1-3-17-14-30-23(24-16-8-6-7-15(2)13-16)26(17)20(27)11-12-25-21(28)18-9-4-5-10-19(18)22(25)29/h6-8,13,17-19H,3-5,9-12,14H2,1-2H3/t17-,18+,19+/m1/s1. The molecule has 0 aromatic heterocycles. The van der Waals surface area contributed by atoms with Gasteiger partial charge in [-0.05, 0) is 43.9 Å². The molecule has 1 aliphatic carbocycles. The number of amidine groups is 1. The molecule has 4 rings (SSSR count). The van der Waals surface area contributed by atoms with Crippen LogP contribution in [-0.4, -0.2) is 51.0 Å². The molecule has 1 aromatic rings. The molecule has 0 radical (unpaired) electrons. The van der Waals surface area contributed by atoms with Crippen molar-refractivity contribution in [2.45, 2.75) is 58.4 Å². The second kappa shape index (κ2) is 8.92. The summed E-state index contributed by atoms with van der Waals surface area (Å²) < 4.78 is 0. The van der Waals surface area contributed by atoms with Crippen LogP contribution in [-0.2, 0) is 14.4 Å². The number of fused-ring (bicyclic) bond motifs is 1. The molecule has 2 saturated heterocycles. The fraction of sp³-hybridized carbons (Fsp3) is 0.565. The minimum Gasteiger partial charge on any atom is -0.287 e. The summed E-state index contributed by atoms with van der Waals surface area (Å²) in [5, 5.41) is 0.713. The van der Waals surface area contributed by atoms with Crippen molar-refractivity contribution in [1.29, 1.82) is 0 Å². The average molecular weight is 428 g/mol. The Morgan fingerprint density at radius 3 is 2.50 bits per heavy atom. The van der Waals surface area contributed by atoms with Gasteiger partial charge in [0.1, 0.15) is 0 Å². The van der Waals surface area contributed by atoms with Crippen molar-refractivity contribution in [2.24, 2.45) is 16.8 Å². The Labute approximate surface area is 182 Å². The normalized spacial score (nSPS) is 27.8. The lowest BCUT2D eigenvalue weighted by molar-refractivity contribution is -0.140. The Bertz CT molecular complexity index is 860. The SMILES string of the molecule is CC[C@@H]1CSC(=Nc2cccc(C)c2)N1C(=O)CCN1C(=O)[C@H]2CCCC[C@@H]2C1=O. The van der Waals surface area contributed by atoms with E-state index in [1.165, 1.54) is 4.90 Å². The van der Waals surface area contributed by atoms with Crippen molar-refractivity contribution in [3.8, 4) is 0 Å². The zero-order valence-corrected chi connectivity index (χ0v) is 18.5. The largest absolute Gasteiger partial charge is 0.287 e. The fourth-order valence-electron chi connectivity index (χ4n) is 4.76. The average Bonchev–Trinajstić information content (AvgIpc) is 3.25. The van der Waals surface area contributed by atoms with Gasteiger partial charge in [-0.15, -0.1) is 0 Å². The molecule has 0 spiro atoms. The molecular weight excluding hydrogens is 398 g/mol. The third-order valence-corrected chi connectivity index (χ3v) is 7.52. The number of carbonyl (C=O) groups excluding carboxylic acids is 3. The molecule has 160 valence electrons. The summed E-state index contributed by atoms with van der Waals surface area (Å²) in [7, 11) is 0. The summed E-state index contributed by atoms with van der Waals surface area (Å²) in [6, 6.07) is 8.01. The van der Waals surface area contributed by atoms with Crippen LogP contribution in [0.25, 0.3) is 0 Å². The van der Waals surface area contributed by atoms with Gasteiger partial charge >= 0.3 is 0 Å². The van der Waals surface area contributed by atoms with Gasteiger partial charge in [-0.2, -0.15) is 0 Å². The first-order valence-electron chi connectivity index (χ1n) is 10.9. The van der Waals surface area contributed by atoms with Crippen molar-refractivity contribution >= 4 is 40.3 Å². The number of thioether (sulfide) groups is 1. The van der Waals surface area contributed by atoms with Crippen LogP contribution in [0.5, 0.6) is 0 Å². The number of amides is 3. The highest BCUT2D eigenvalue weighted by molar-refractivity contribution is 8.14. The maximum atomic E-state index is 13.1. The maximum Gasteiger partial charge on any atom is 0.233 e. The number of hydrogen-bond acceptors (Lipinski definition) is 5. The summed E-state index contributed by atoms with van der Waals surface area (Å²) in [6.07, 6.45) is 4.61. The minimum absolute atomic E-state index is 0.0614. The van der Waals surface area contributed by atoms with Crippen LogP contribution in [0.2, 0.25) is 0 Å². The number of hydrogen-bond donors (Lipinski definition) is 0. The summed E-state index contributed by atoms with van der Waals surface area (Å²) in [4.78, 5) is 46.4. The van der Waals surface area contributed by atoms with Gasteiger partial charge < -0.3 is 0 Å². The number of imide groups is 1. The van der Waals surface area contributed by atoms with Crippen LogP contribution in [0.4, 0.5) is 5.69 Å². The molecule has 0 bridgehead atoms. The molecule has 3 amide bonds. The highest BCUT2D eigenvalue weighted by Gasteiger charge is 2.48. The van der Waals surface area contributed by atoms with E-state index in [2.05, 4.69) is 6.92 Å². The number of nitrogens with zero attached hydrogens (tertiary/aromatic N) is 3. The molecule has 2 heterocycles. The van der Waals surface area contributed by atoms with Crippen LogP contribution in [0.1, 0.15) is 51.0 Å². The highest BCUT2D eigenvalue weighted by atomic mass is 32.2. The third-order valence-electron chi connectivity index (χ3n) is 6.42. The van der Waals surface area contributed by atoms with Gasteiger partial charge in [0.15, 0.2) is 5.17 Å². The number of benzene rings is 1. The maximum absolute atomic E-state index is 13.1. The summed E-state index contributed by atoms with van der Waals surface area (Å²) in [5.41, 5.74) is 1.96. The van der Waals surface area contributed by atoms with Gasteiger partial charge in [-0.25, -0.2) is 4.99 Å². The van der Waals surface area contributed by atoms with E-state index in [0.717, 1.165) is 49.1 Å². The van der Waals surface area contributed by atoms with E-state index in [9.17, 15) is 14.4 Å². The van der Waals surface area contributed by atoms with Gasteiger partial charge in [0.05, 0.1) is 17.5 Å². The molecule has 30 heavy (non-hydrogen) atoms. The Kier molecular flexibility index (Phi) is 6.27. The van der Waals surface area contributed by atoms with Crippen LogP contribution in [0.15, 0.2) is 29.3 Å². The van der Waals surface area contributed by atoms with Crippen molar-refractivity contribution in [3.05, 3.63) is 29.8 Å². The molecule has 1 aromatic carbocycles. The molecule has 0 unspecified atom stereocenters. The third kappa shape index (κ3) is 4.04. The number of aryl methyl sites for hydroxylation is 1. The smallest absolute Gasteiger partial charge is 0.233 e. The first kappa shape index (κ1) is 21.1. The zero-order valence-electron chi connectivity index (χ0n) is 17.7. The van der Waals surface area contributed by atoms with Gasteiger partial charge in [0.2, 0.25) is 17.7 Å². The molecule has 3 aliphatic rings. The van der Waals surface area contributed by atoms with E-state index in [1.54, 1.807) is 16.7 Å². The monoisotopic (exact) mass is 427 g/mol. The summed E-state index contributed by atoms with van der Waals surface area (Å²) >= 11 is 1.60. The first-order chi connectivity index (χ1) is 14.5. The Balaban J connectivity index is 1.46. The summed E-state index contributed by atoms with van der Waals surface area (Å²) in [5.74, 6) is 0.284. The van der Waals surface area contributed by atoms with E-state index in [4.69, 9.17) is 4.99 Å². The number of aliphatic imine (C=N–C) groups is 1. The van der Waals surface area contributed by atoms with Gasteiger partial charge in [0, 0.05) is 24.8 Å². The molecule has 7 heteroatoms. The molecular formula is C23H29N3O3S. The second-order valence-corrected chi connectivity index (χ2v) is 9.43. The lowest BCUT2D eigenvalue weighted by Crippen LogP contribution is -2.41. The molecule has 3 fully saturated rings. The Morgan fingerprint density at radius 1 is 1.17 bits per heavy atom. The topological polar surface area (TPSA) is 70.1 Å². The Morgan fingerprint density at radius 2 is 1.87 bits per heavy atom. The van der Waals surface area contributed by atoms with Crippen molar-refractivity contribution in [2.75, 3.05) is 12.3 Å². The fourth-order valence-corrected chi connectivity index (χ4v) is 6.04. The number of rotatable bonds is 5. The number of likely N-dealkylation sites (tertiary alicyclic amines) is 1.